The molecule has 0 aromatic carbocycles. The average Bonchev–Trinajstić information content (AvgIpc) is 2.58. The Morgan fingerprint density at radius 3 is 2.85 bits per heavy atom. The molecule has 1 atom stereocenters. The molecule has 2 N–H and O–H groups in total. The zero-order valence-electron chi connectivity index (χ0n) is 8.08. The second-order valence-corrected chi connectivity index (χ2v) is 4.98. The van der Waals surface area contributed by atoms with E-state index in [-0.39, 0.29) is 0 Å². The Bertz CT molecular complexity index is 308. The molecular weight excluding hydrogens is 182 g/mol. The van der Waals surface area contributed by atoms with Crippen molar-refractivity contribution in [1.82, 2.24) is 9.88 Å². The predicted octanol–water partition coefficient (Wildman–Crippen LogP) is 1.45. The number of anilines is 1. The third-order valence-electron chi connectivity index (χ3n) is 2.63. The lowest BCUT2D eigenvalue weighted by Gasteiger charge is -2.08. The molecule has 1 fully saturated rings. The molecule has 4 heteroatoms. The lowest BCUT2D eigenvalue weighted by atomic mass is 10.0. The normalized spacial score (nSPS) is 24.0. The molecule has 1 aliphatic rings. The minimum absolute atomic E-state index is 0.610. The zero-order valence-corrected chi connectivity index (χ0v) is 8.90. The molecule has 3 nitrogen and oxygen atoms in total. The lowest BCUT2D eigenvalue weighted by molar-refractivity contribution is 0.411. The van der Waals surface area contributed by atoms with Crippen LogP contribution in [-0.4, -0.2) is 30.0 Å². The number of nitrogens with zero attached hydrogens (tertiary/aromatic N) is 2. The van der Waals surface area contributed by atoms with Gasteiger partial charge in [-0.25, -0.2) is 4.98 Å². The van der Waals surface area contributed by atoms with Gasteiger partial charge in [0.25, 0.3) is 0 Å². The van der Waals surface area contributed by atoms with Gasteiger partial charge in [0.15, 0.2) is 5.13 Å². The van der Waals surface area contributed by atoms with Gasteiger partial charge in [-0.15, -0.1) is 11.3 Å². The van der Waals surface area contributed by atoms with E-state index >= 15 is 0 Å². The summed E-state index contributed by atoms with van der Waals surface area (Å²) in [7, 11) is 2.16. The highest BCUT2D eigenvalue weighted by Crippen LogP contribution is 2.31. The highest BCUT2D eigenvalue weighted by atomic mass is 32.1. The molecule has 0 saturated carbocycles. The van der Waals surface area contributed by atoms with Gasteiger partial charge in [0, 0.05) is 17.3 Å². The first kappa shape index (κ1) is 8.97. The summed E-state index contributed by atoms with van der Waals surface area (Å²) in [4.78, 5) is 8.03. The summed E-state index contributed by atoms with van der Waals surface area (Å²) in [6.07, 6.45) is 1.22. The number of likely N-dealkylation sites (tertiary alicyclic amines) is 1. The van der Waals surface area contributed by atoms with E-state index in [1.807, 2.05) is 0 Å². The number of hydrogen-bond donors (Lipinski definition) is 1. The van der Waals surface area contributed by atoms with Crippen LogP contribution in [0.5, 0.6) is 0 Å². The van der Waals surface area contributed by atoms with Crippen molar-refractivity contribution in [3.05, 3.63) is 10.6 Å². The van der Waals surface area contributed by atoms with Gasteiger partial charge in [-0.1, -0.05) is 0 Å². The summed E-state index contributed by atoms with van der Waals surface area (Å²) in [6.45, 7) is 4.42. The molecular formula is C9H15N3S. The molecule has 2 rings (SSSR count). The Hall–Kier alpha value is -0.610. The minimum Gasteiger partial charge on any atom is -0.375 e. The molecule has 2 heterocycles. The van der Waals surface area contributed by atoms with E-state index in [1.165, 1.54) is 23.5 Å². The Labute approximate surface area is 82.6 Å². The second-order valence-electron chi connectivity index (χ2n) is 3.74. The van der Waals surface area contributed by atoms with Crippen LogP contribution in [0.4, 0.5) is 5.13 Å². The highest BCUT2D eigenvalue weighted by Gasteiger charge is 2.24. The summed E-state index contributed by atoms with van der Waals surface area (Å²) < 4.78 is 0. The number of aromatic nitrogens is 1. The maximum atomic E-state index is 5.68. The van der Waals surface area contributed by atoms with Crippen LogP contribution < -0.4 is 5.73 Å². The van der Waals surface area contributed by atoms with Crippen molar-refractivity contribution in [3.63, 3.8) is 0 Å². The van der Waals surface area contributed by atoms with Crippen LogP contribution in [0.15, 0.2) is 0 Å². The van der Waals surface area contributed by atoms with E-state index in [0.717, 1.165) is 6.54 Å². The van der Waals surface area contributed by atoms with Crippen molar-refractivity contribution in [2.75, 3.05) is 25.9 Å². The molecule has 13 heavy (non-hydrogen) atoms. The number of thiazole rings is 1. The predicted molar refractivity (Wildman–Crippen MR) is 56.1 cm³/mol. The van der Waals surface area contributed by atoms with Gasteiger partial charge in [0.2, 0.25) is 0 Å². The summed E-state index contributed by atoms with van der Waals surface area (Å²) in [5.74, 6) is 0.610. The number of likely N-dealkylation sites (N-methyl/N-ethyl adjacent to an activating group) is 1. The molecule has 72 valence electrons. The van der Waals surface area contributed by atoms with Gasteiger partial charge in [-0.05, 0) is 26.9 Å². The maximum Gasteiger partial charge on any atom is 0.180 e. The van der Waals surface area contributed by atoms with Gasteiger partial charge < -0.3 is 10.6 Å². The van der Waals surface area contributed by atoms with Crippen LogP contribution in [-0.2, 0) is 0 Å². The van der Waals surface area contributed by atoms with Gasteiger partial charge in [-0.2, -0.15) is 0 Å². The fourth-order valence-corrected chi connectivity index (χ4v) is 2.74. The first-order valence-corrected chi connectivity index (χ1v) is 5.40. The van der Waals surface area contributed by atoms with Gasteiger partial charge in [-0.3, -0.25) is 0 Å². The Morgan fingerprint density at radius 1 is 1.62 bits per heavy atom. The standard InChI is InChI=1S/C9H15N3S/c1-6-8(11-9(10)13-6)7-3-4-12(2)5-7/h7H,3-5H2,1-2H3,(H2,10,11). The highest BCUT2D eigenvalue weighted by molar-refractivity contribution is 7.15. The lowest BCUT2D eigenvalue weighted by Crippen LogP contribution is -2.13. The van der Waals surface area contributed by atoms with Crippen molar-refractivity contribution < 1.29 is 0 Å². The quantitative estimate of drug-likeness (QED) is 0.741. The fourth-order valence-electron chi connectivity index (χ4n) is 1.97. The molecule has 0 bridgehead atoms. The number of rotatable bonds is 1. The van der Waals surface area contributed by atoms with Gasteiger partial charge in [0.1, 0.15) is 0 Å². The fraction of sp³-hybridized carbons (Fsp3) is 0.667. The monoisotopic (exact) mass is 197 g/mol. The van der Waals surface area contributed by atoms with Gasteiger partial charge >= 0.3 is 0 Å². The summed E-state index contributed by atoms with van der Waals surface area (Å²) >= 11 is 1.61. The Balaban J connectivity index is 2.20. The summed E-state index contributed by atoms with van der Waals surface area (Å²) in [5.41, 5.74) is 6.90. The molecule has 0 amide bonds. The number of hydrogen-bond acceptors (Lipinski definition) is 4. The largest absolute Gasteiger partial charge is 0.375 e. The maximum absolute atomic E-state index is 5.68. The molecule has 1 aromatic rings. The minimum atomic E-state index is 0.610. The van der Waals surface area contributed by atoms with Crippen molar-refractivity contribution in [3.8, 4) is 0 Å². The molecule has 0 aliphatic carbocycles. The van der Waals surface area contributed by atoms with Crippen LogP contribution >= 0.6 is 11.3 Å². The van der Waals surface area contributed by atoms with E-state index in [4.69, 9.17) is 5.73 Å². The van der Waals surface area contributed by atoms with E-state index < -0.39 is 0 Å². The SMILES string of the molecule is Cc1sc(N)nc1C1CCN(C)C1. The summed E-state index contributed by atoms with van der Waals surface area (Å²) in [6, 6.07) is 0. The van der Waals surface area contributed by atoms with Crippen LogP contribution in [0.2, 0.25) is 0 Å². The van der Waals surface area contributed by atoms with Crippen molar-refractivity contribution in [1.29, 1.82) is 0 Å². The van der Waals surface area contributed by atoms with Crippen LogP contribution in [0.25, 0.3) is 0 Å². The van der Waals surface area contributed by atoms with E-state index in [1.54, 1.807) is 11.3 Å². The third-order valence-corrected chi connectivity index (χ3v) is 3.44. The molecule has 0 spiro atoms. The van der Waals surface area contributed by atoms with Crippen molar-refractivity contribution in [2.24, 2.45) is 0 Å². The smallest absolute Gasteiger partial charge is 0.180 e. The Morgan fingerprint density at radius 2 is 2.38 bits per heavy atom. The first-order valence-electron chi connectivity index (χ1n) is 4.58. The number of nitrogen functional groups attached to an aromatic ring is 1. The number of aryl methyl sites for hydroxylation is 1. The molecule has 1 aromatic heterocycles. The zero-order chi connectivity index (χ0) is 9.42. The van der Waals surface area contributed by atoms with Gasteiger partial charge in [0.05, 0.1) is 5.69 Å². The van der Waals surface area contributed by atoms with Crippen molar-refractivity contribution >= 4 is 16.5 Å². The van der Waals surface area contributed by atoms with Crippen LogP contribution in [0, 0.1) is 6.92 Å². The molecule has 1 unspecified atom stereocenters. The molecule has 1 aliphatic heterocycles. The number of nitrogens with two attached hydrogens (primary N) is 1. The average molecular weight is 197 g/mol. The molecule has 1 saturated heterocycles. The van der Waals surface area contributed by atoms with Crippen molar-refractivity contribution in [2.45, 2.75) is 19.3 Å². The van der Waals surface area contributed by atoms with Crippen LogP contribution in [0.3, 0.4) is 0 Å². The summed E-state index contributed by atoms with van der Waals surface area (Å²) in [5, 5.41) is 0.710. The Kier molecular flexibility index (Phi) is 2.26. The van der Waals surface area contributed by atoms with Crippen LogP contribution in [0.1, 0.15) is 22.9 Å². The van der Waals surface area contributed by atoms with E-state index in [2.05, 4.69) is 23.9 Å². The van der Waals surface area contributed by atoms with E-state index in [0.29, 0.717) is 11.0 Å². The van der Waals surface area contributed by atoms with E-state index in [9.17, 15) is 0 Å². The topological polar surface area (TPSA) is 42.1 Å². The molecule has 0 radical (unpaired) electrons. The second kappa shape index (κ2) is 3.27. The third kappa shape index (κ3) is 1.69. The first-order chi connectivity index (χ1) is 6.16.